The summed E-state index contributed by atoms with van der Waals surface area (Å²) in [6.07, 6.45) is 0.823. The largest absolute Gasteiger partial charge is 0.494 e. The highest BCUT2D eigenvalue weighted by Gasteiger charge is 2.17. The van der Waals surface area contributed by atoms with E-state index < -0.39 is 14.9 Å². The molecule has 0 saturated heterocycles. The number of rotatable bonds is 11. The quantitative estimate of drug-likeness (QED) is 0.325. The molecule has 0 bridgehead atoms. The summed E-state index contributed by atoms with van der Waals surface area (Å²) in [6, 6.07) is 12.2. The molecule has 0 heterocycles. The highest BCUT2D eigenvalue weighted by atomic mass is 32.2. The lowest BCUT2D eigenvalue weighted by atomic mass is 10.1. The Kier molecular flexibility index (Phi) is 8.10. The fraction of sp³-hybridized carbons (Fsp3) is 0.316. The standard InChI is InChI=1S/C19H23N3O6S/c1-2-28-17-9-6-15(7-10-17)8-11-19(23)20-12-13-21-29(26,27)18-5-3-4-16(14-18)22(24)25/h3-7,9-10,14,21H,2,8,11-13H2,1H3,(H,20,23). The molecule has 0 atom stereocenters. The summed E-state index contributed by atoms with van der Waals surface area (Å²) in [4.78, 5) is 21.8. The number of non-ortho nitro benzene ring substituents is 1. The number of nitro groups is 1. The molecule has 0 saturated carbocycles. The van der Waals surface area contributed by atoms with Crippen LogP contribution in [0.5, 0.6) is 5.75 Å². The lowest BCUT2D eigenvalue weighted by Gasteiger charge is -2.08. The van der Waals surface area contributed by atoms with Crippen LogP contribution in [0.4, 0.5) is 5.69 Å². The van der Waals surface area contributed by atoms with E-state index in [9.17, 15) is 23.3 Å². The van der Waals surface area contributed by atoms with Crippen molar-refractivity contribution in [2.75, 3.05) is 19.7 Å². The van der Waals surface area contributed by atoms with Crippen molar-refractivity contribution >= 4 is 21.6 Å². The van der Waals surface area contributed by atoms with Crippen LogP contribution in [0.15, 0.2) is 53.4 Å². The SMILES string of the molecule is CCOc1ccc(CCC(=O)NCCNS(=O)(=O)c2cccc([N+](=O)[O-])c2)cc1. The van der Waals surface area contributed by atoms with Gasteiger partial charge in [0.15, 0.2) is 0 Å². The molecule has 0 aromatic heterocycles. The number of carbonyl (C=O) groups excluding carboxylic acids is 1. The van der Waals surface area contributed by atoms with Crippen LogP contribution < -0.4 is 14.8 Å². The maximum atomic E-state index is 12.2. The van der Waals surface area contributed by atoms with Crippen LogP contribution in [0.25, 0.3) is 0 Å². The van der Waals surface area contributed by atoms with Crippen molar-refractivity contribution in [1.29, 1.82) is 0 Å². The first-order valence-electron chi connectivity index (χ1n) is 9.04. The molecular weight excluding hydrogens is 398 g/mol. The van der Waals surface area contributed by atoms with Gasteiger partial charge in [-0.2, -0.15) is 0 Å². The van der Waals surface area contributed by atoms with E-state index in [1.165, 1.54) is 18.2 Å². The second-order valence-electron chi connectivity index (χ2n) is 6.08. The van der Waals surface area contributed by atoms with Gasteiger partial charge < -0.3 is 10.1 Å². The molecule has 2 rings (SSSR count). The summed E-state index contributed by atoms with van der Waals surface area (Å²) in [5.74, 6) is 0.574. The first-order chi connectivity index (χ1) is 13.8. The van der Waals surface area contributed by atoms with E-state index in [0.29, 0.717) is 13.0 Å². The van der Waals surface area contributed by atoms with Gasteiger partial charge in [-0.05, 0) is 37.1 Å². The molecule has 0 unspecified atom stereocenters. The van der Waals surface area contributed by atoms with Crippen molar-refractivity contribution in [2.24, 2.45) is 0 Å². The molecule has 0 aliphatic rings. The normalized spacial score (nSPS) is 11.1. The van der Waals surface area contributed by atoms with Gasteiger partial charge in [-0.1, -0.05) is 18.2 Å². The fourth-order valence-corrected chi connectivity index (χ4v) is 3.57. The molecule has 0 fully saturated rings. The number of hydrogen-bond acceptors (Lipinski definition) is 6. The lowest BCUT2D eigenvalue weighted by molar-refractivity contribution is -0.385. The minimum absolute atomic E-state index is 0.0280. The highest BCUT2D eigenvalue weighted by molar-refractivity contribution is 7.89. The average molecular weight is 421 g/mol. The van der Waals surface area contributed by atoms with Crippen LogP contribution in [0, 0.1) is 10.1 Å². The fourth-order valence-electron chi connectivity index (χ4n) is 2.50. The predicted octanol–water partition coefficient (Wildman–Crippen LogP) is 2.02. The van der Waals surface area contributed by atoms with Gasteiger partial charge in [-0.15, -0.1) is 0 Å². The Hall–Kier alpha value is -2.98. The third-order valence-electron chi connectivity index (χ3n) is 3.95. The molecule has 1 amide bonds. The summed E-state index contributed by atoms with van der Waals surface area (Å²) in [7, 11) is -3.90. The van der Waals surface area contributed by atoms with E-state index in [2.05, 4.69) is 10.0 Å². The Bertz CT molecular complexity index is 945. The van der Waals surface area contributed by atoms with Gasteiger partial charge in [0.2, 0.25) is 15.9 Å². The number of nitro benzene ring substituents is 1. The summed E-state index contributed by atoms with van der Waals surface area (Å²) < 4.78 is 32.0. The van der Waals surface area contributed by atoms with Gasteiger partial charge in [0.25, 0.3) is 5.69 Å². The summed E-state index contributed by atoms with van der Waals surface area (Å²) in [6.45, 7) is 2.57. The Labute approximate surface area is 169 Å². The van der Waals surface area contributed by atoms with Crippen molar-refractivity contribution in [1.82, 2.24) is 10.0 Å². The van der Waals surface area contributed by atoms with Gasteiger partial charge in [-0.25, -0.2) is 13.1 Å². The maximum absolute atomic E-state index is 12.2. The molecule has 0 aliphatic carbocycles. The molecule has 2 N–H and O–H groups in total. The van der Waals surface area contributed by atoms with E-state index in [1.54, 1.807) is 0 Å². The zero-order chi connectivity index (χ0) is 21.3. The van der Waals surface area contributed by atoms with Crippen molar-refractivity contribution < 1.29 is 22.9 Å². The summed E-state index contributed by atoms with van der Waals surface area (Å²) in [5.41, 5.74) is 0.686. The molecule has 156 valence electrons. The Morgan fingerprint density at radius 1 is 1.14 bits per heavy atom. The molecular formula is C19H23N3O6S. The Morgan fingerprint density at radius 2 is 1.86 bits per heavy atom. The van der Waals surface area contributed by atoms with Gasteiger partial charge >= 0.3 is 0 Å². The second kappa shape index (κ2) is 10.5. The molecule has 2 aromatic carbocycles. The zero-order valence-corrected chi connectivity index (χ0v) is 16.8. The maximum Gasteiger partial charge on any atom is 0.270 e. The number of amides is 1. The van der Waals surface area contributed by atoms with Crippen LogP contribution in [-0.2, 0) is 21.2 Å². The van der Waals surface area contributed by atoms with Crippen LogP contribution in [0.2, 0.25) is 0 Å². The van der Waals surface area contributed by atoms with E-state index >= 15 is 0 Å². The number of hydrogen-bond donors (Lipinski definition) is 2. The van der Waals surface area contributed by atoms with Gasteiger partial charge in [0.05, 0.1) is 16.4 Å². The molecule has 0 radical (unpaired) electrons. The number of sulfonamides is 1. The molecule has 0 aliphatic heterocycles. The van der Waals surface area contributed by atoms with Crippen molar-refractivity contribution in [2.45, 2.75) is 24.7 Å². The number of nitrogens with zero attached hydrogens (tertiary/aromatic N) is 1. The van der Waals surface area contributed by atoms with E-state index in [-0.39, 0.29) is 36.0 Å². The predicted molar refractivity (Wildman–Crippen MR) is 107 cm³/mol. The molecule has 0 spiro atoms. The van der Waals surface area contributed by atoms with Crippen molar-refractivity contribution in [3.63, 3.8) is 0 Å². The lowest BCUT2D eigenvalue weighted by Crippen LogP contribution is -2.34. The smallest absolute Gasteiger partial charge is 0.270 e. The van der Waals surface area contributed by atoms with Gasteiger partial charge in [0.1, 0.15) is 5.75 Å². The number of aryl methyl sites for hydroxylation is 1. The molecule has 10 heteroatoms. The Balaban J connectivity index is 1.74. The van der Waals surface area contributed by atoms with Crippen LogP contribution in [0.1, 0.15) is 18.9 Å². The molecule has 29 heavy (non-hydrogen) atoms. The van der Waals surface area contributed by atoms with Crippen LogP contribution in [0.3, 0.4) is 0 Å². The van der Waals surface area contributed by atoms with Gasteiger partial charge in [-0.3, -0.25) is 14.9 Å². The number of benzene rings is 2. The first-order valence-corrected chi connectivity index (χ1v) is 10.5. The zero-order valence-electron chi connectivity index (χ0n) is 16.0. The summed E-state index contributed by atoms with van der Waals surface area (Å²) in [5, 5.41) is 13.4. The van der Waals surface area contributed by atoms with Crippen molar-refractivity contribution in [3.8, 4) is 5.75 Å². The molecule has 9 nitrogen and oxygen atoms in total. The van der Waals surface area contributed by atoms with Crippen LogP contribution in [-0.4, -0.2) is 38.9 Å². The van der Waals surface area contributed by atoms with Gasteiger partial charge in [0, 0.05) is 31.6 Å². The number of ether oxygens (including phenoxy) is 1. The first kappa shape index (κ1) is 22.3. The van der Waals surface area contributed by atoms with E-state index in [4.69, 9.17) is 4.74 Å². The number of carbonyl (C=O) groups is 1. The van der Waals surface area contributed by atoms with Crippen molar-refractivity contribution in [3.05, 3.63) is 64.2 Å². The summed E-state index contributed by atoms with van der Waals surface area (Å²) >= 11 is 0. The van der Waals surface area contributed by atoms with Crippen LogP contribution >= 0.6 is 0 Å². The van der Waals surface area contributed by atoms with E-state index in [1.807, 2.05) is 31.2 Å². The minimum atomic E-state index is -3.90. The minimum Gasteiger partial charge on any atom is -0.494 e. The average Bonchev–Trinajstić information content (AvgIpc) is 2.71. The highest BCUT2D eigenvalue weighted by Crippen LogP contribution is 2.17. The second-order valence-corrected chi connectivity index (χ2v) is 7.85. The topological polar surface area (TPSA) is 128 Å². The van der Waals surface area contributed by atoms with E-state index in [0.717, 1.165) is 17.4 Å². The third-order valence-corrected chi connectivity index (χ3v) is 5.41. The monoisotopic (exact) mass is 421 g/mol. The third kappa shape index (κ3) is 7.16. The Morgan fingerprint density at radius 3 is 2.52 bits per heavy atom. The molecule has 2 aromatic rings. The number of nitrogens with one attached hydrogen (secondary N) is 2.